The van der Waals surface area contributed by atoms with Gasteiger partial charge in [-0.3, -0.25) is 4.90 Å². The number of hydrogen-bond acceptors (Lipinski definition) is 3. The molecule has 0 atom stereocenters. The van der Waals surface area contributed by atoms with E-state index in [1.165, 1.54) is 0 Å². The van der Waals surface area contributed by atoms with Crippen LogP contribution >= 0.6 is 0 Å². The molecule has 0 radical (unpaired) electrons. The summed E-state index contributed by atoms with van der Waals surface area (Å²) in [6, 6.07) is 0.524. The molecular formula is C11H24N2O. The maximum Gasteiger partial charge on any atom is 0.0558 e. The first-order valence-corrected chi connectivity index (χ1v) is 5.27. The number of nitrogens with zero attached hydrogens (tertiary/aromatic N) is 1. The van der Waals surface area contributed by atoms with Gasteiger partial charge in [-0.15, -0.1) is 0 Å². The van der Waals surface area contributed by atoms with E-state index in [0.29, 0.717) is 6.04 Å². The van der Waals surface area contributed by atoms with Crippen molar-refractivity contribution >= 4 is 0 Å². The van der Waals surface area contributed by atoms with Crippen molar-refractivity contribution in [3.05, 3.63) is 12.2 Å². The zero-order valence-corrected chi connectivity index (χ0v) is 9.71. The maximum absolute atomic E-state index is 8.87. The molecule has 0 unspecified atom stereocenters. The van der Waals surface area contributed by atoms with Crippen LogP contribution in [-0.2, 0) is 0 Å². The van der Waals surface area contributed by atoms with Crippen molar-refractivity contribution in [1.29, 1.82) is 0 Å². The molecule has 14 heavy (non-hydrogen) atoms. The zero-order valence-electron chi connectivity index (χ0n) is 9.71. The molecule has 0 spiro atoms. The second-order valence-corrected chi connectivity index (χ2v) is 4.07. The van der Waals surface area contributed by atoms with Crippen LogP contribution in [0.5, 0.6) is 0 Å². The highest BCUT2D eigenvalue weighted by molar-refractivity contribution is 4.91. The van der Waals surface area contributed by atoms with Gasteiger partial charge in [0.05, 0.1) is 6.61 Å². The quantitative estimate of drug-likeness (QED) is 0.570. The van der Waals surface area contributed by atoms with Crippen LogP contribution in [0.15, 0.2) is 12.2 Å². The molecule has 3 heteroatoms. The van der Waals surface area contributed by atoms with Crippen molar-refractivity contribution < 1.29 is 5.11 Å². The number of aliphatic hydroxyl groups excluding tert-OH is 1. The first-order valence-electron chi connectivity index (χ1n) is 5.27. The number of hydrogen-bond donors (Lipinski definition) is 2. The van der Waals surface area contributed by atoms with Crippen LogP contribution in [0.1, 0.15) is 20.8 Å². The molecule has 3 nitrogen and oxygen atoms in total. The van der Waals surface area contributed by atoms with Crippen LogP contribution in [-0.4, -0.2) is 48.8 Å². The summed E-state index contributed by atoms with van der Waals surface area (Å²) < 4.78 is 0. The molecule has 0 rings (SSSR count). The first-order chi connectivity index (χ1) is 6.56. The molecule has 0 saturated carbocycles. The van der Waals surface area contributed by atoms with Crippen molar-refractivity contribution in [2.45, 2.75) is 26.8 Å². The predicted molar refractivity (Wildman–Crippen MR) is 61.5 cm³/mol. The Morgan fingerprint density at radius 3 is 2.50 bits per heavy atom. The summed E-state index contributed by atoms with van der Waals surface area (Å²) in [4.78, 5) is 2.21. The van der Waals surface area contributed by atoms with Crippen LogP contribution in [0.2, 0.25) is 0 Å². The molecule has 0 aliphatic carbocycles. The maximum atomic E-state index is 8.87. The summed E-state index contributed by atoms with van der Waals surface area (Å²) in [5.74, 6) is 0. The summed E-state index contributed by atoms with van der Waals surface area (Å²) >= 11 is 0. The van der Waals surface area contributed by atoms with Gasteiger partial charge in [-0.1, -0.05) is 26.0 Å². The van der Waals surface area contributed by atoms with E-state index in [4.69, 9.17) is 5.11 Å². The summed E-state index contributed by atoms with van der Waals surface area (Å²) in [5.41, 5.74) is 1.14. The van der Waals surface area contributed by atoms with Gasteiger partial charge in [0.25, 0.3) is 0 Å². The van der Waals surface area contributed by atoms with E-state index in [9.17, 15) is 0 Å². The largest absolute Gasteiger partial charge is 0.395 e. The monoisotopic (exact) mass is 200 g/mol. The summed E-state index contributed by atoms with van der Waals surface area (Å²) in [7, 11) is 0. The standard InChI is InChI=1S/C11H24N2O/c1-10(2)9-13(7-8-14)6-5-12-11(3)4/h11-12,14H,1,5-9H2,2-4H3. The fourth-order valence-electron chi connectivity index (χ4n) is 1.30. The highest BCUT2D eigenvalue weighted by Crippen LogP contribution is 1.94. The average Bonchev–Trinajstić information content (AvgIpc) is 2.02. The Labute approximate surface area is 87.8 Å². The Kier molecular flexibility index (Phi) is 7.76. The predicted octanol–water partition coefficient (Wildman–Crippen LogP) is 0.855. The lowest BCUT2D eigenvalue weighted by atomic mass is 10.3. The van der Waals surface area contributed by atoms with Gasteiger partial charge >= 0.3 is 0 Å². The third-order valence-electron chi connectivity index (χ3n) is 1.89. The minimum atomic E-state index is 0.217. The molecule has 0 bridgehead atoms. The van der Waals surface area contributed by atoms with Gasteiger partial charge in [-0.2, -0.15) is 0 Å². The van der Waals surface area contributed by atoms with E-state index in [1.54, 1.807) is 0 Å². The number of nitrogens with one attached hydrogen (secondary N) is 1. The Bertz CT molecular complexity index is 157. The van der Waals surface area contributed by atoms with Crippen molar-refractivity contribution in [1.82, 2.24) is 10.2 Å². The summed E-state index contributed by atoms with van der Waals surface area (Å²) in [5, 5.41) is 12.2. The van der Waals surface area contributed by atoms with Gasteiger partial charge < -0.3 is 10.4 Å². The first kappa shape index (κ1) is 13.6. The Morgan fingerprint density at radius 2 is 2.07 bits per heavy atom. The van der Waals surface area contributed by atoms with Crippen LogP contribution in [0.4, 0.5) is 0 Å². The summed E-state index contributed by atoms with van der Waals surface area (Å²) in [6.07, 6.45) is 0. The fraction of sp³-hybridized carbons (Fsp3) is 0.818. The molecular weight excluding hydrogens is 176 g/mol. The van der Waals surface area contributed by atoms with Crippen LogP contribution in [0.3, 0.4) is 0 Å². The Morgan fingerprint density at radius 1 is 1.43 bits per heavy atom. The minimum Gasteiger partial charge on any atom is -0.395 e. The van der Waals surface area contributed by atoms with Gasteiger partial charge in [-0.05, 0) is 6.92 Å². The van der Waals surface area contributed by atoms with E-state index < -0.39 is 0 Å². The van der Waals surface area contributed by atoms with Crippen LogP contribution in [0.25, 0.3) is 0 Å². The van der Waals surface area contributed by atoms with E-state index in [2.05, 4.69) is 30.6 Å². The molecule has 0 aliphatic rings. The molecule has 84 valence electrons. The van der Waals surface area contributed by atoms with Crippen molar-refractivity contribution in [3.8, 4) is 0 Å². The molecule has 0 saturated heterocycles. The fourth-order valence-corrected chi connectivity index (χ4v) is 1.30. The summed E-state index contributed by atoms with van der Waals surface area (Å²) in [6.45, 7) is 13.9. The van der Waals surface area contributed by atoms with Crippen LogP contribution in [0, 0.1) is 0 Å². The number of aliphatic hydroxyl groups is 1. The second kappa shape index (κ2) is 7.97. The van der Waals surface area contributed by atoms with E-state index in [1.807, 2.05) is 6.92 Å². The molecule has 0 amide bonds. The Hall–Kier alpha value is -0.380. The lowest BCUT2D eigenvalue weighted by Crippen LogP contribution is -2.37. The second-order valence-electron chi connectivity index (χ2n) is 4.07. The zero-order chi connectivity index (χ0) is 11.0. The topological polar surface area (TPSA) is 35.5 Å². The molecule has 0 aliphatic heterocycles. The highest BCUT2D eigenvalue weighted by atomic mass is 16.3. The number of rotatable bonds is 8. The van der Waals surface area contributed by atoms with Crippen molar-refractivity contribution in [2.24, 2.45) is 0 Å². The average molecular weight is 200 g/mol. The van der Waals surface area contributed by atoms with E-state index >= 15 is 0 Å². The van der Waals surface area contributed by atoms with Gasteiger partial charge in [0, 0.05) is 32.2 Å². The van der Waals surface area contributed by atoms with E-state index in [0.717, 1.165) is 31.8 Å². The van der Waals surface area contributed by atoms with Gasteiger partial charge in [0.2, 0.25) is 0 Å². The van der Waals surface area contributed by atoms with Crippen LogP contribution < -0.4 is 5.32 Å². The smallest absolute Gasteiger partial charge is 0.0558 e. The molecule has 0 fully saturated rings. The molecule has 0 aromatic carbocycles. The SMILES string of the molecule is C=C(C)CN(CCO)CCNC(C)C. The molecule has 2 N–H and O–H groups in total. The van der Waals surface area contributed by atoms with Crippen molar-refractivity contribution in [2.75, 3.05) is 32.8 Å². The lowest BCUT2D eigenvalue weighted by molar-refractivity contribution is 0.205. The van der Waals surface area contributed by atoms with Gasteiger partial charge in [-0.25, -0.2) is 0 Å². The normalized spacial score (nSPS) is 11.3. The Balaban J connectivity index is 3.67. The van der Waals surface area contributed by atoms with Crippen molar-refractivity contribution in [3.63, 3.8) is 0 Å². The van der Waals surface area contributed by atoms with E-state index in [-0.39, 0.29) is 6.61 Å². The lowest BCUT2D eigenvalue weighted by Gasteiger charge is -2.22. The highest BCUT2D eigenvalue weighted by Gasteiger charge is 2.03. The third-order valence-corrected chi connectivity index (χ3v) is 1.89. The van der Waals surface area contributed by atoms with Gasteiger partial charge in [0.15, 0.2) is 0 Å². The van der Waals surface area contributed by atoms with Gasteiger partial charge in [0.1, 0.15) is 0 Å². The minimum absolute atomic E-state index is 0.217. The molecule has 0 aromatic heterocycles. The third kappa shape index (κ3) is 8.23. The molecule has 0 heterocycles. The molecule has 0 aromatic rings.